The SMILES string of the molecule is CCNc1cc(C)cc(C(COC(C)=O)Nc2ccc(C=NN)cc2)c1. The zero-order valence-electron chi connectivity index (χ0n) is 15.5. The van der Waals surface area contributed by atoms with Crippen molar-refractivity contribution < 1.29 is 9.53 Å². The molecule has 0 saturated heterocycles. The van der Waals surface area contributed by atoms with E-state index in [-0.39, 0.29) is 18.6 Å². The Hall–Kier alpha value is -3.02. The van der Waals surface area contributed by atoms with Crippen LogP contribution in [-0.2, 0) is 9.53 Å². The fourth-order valence-electron chi connectivity index (χ4n) is 2.69. The highest BCUT2D eigenvalue weighted by Crippen LogP contribution is 2.25. The molecule has 0 amide bonds. The van der Waals surface area contributed by atoms with Gasteiger partial charge in [0, 0.05) is 24.8 Å². The average Bonchev–Trinajstić information content (AvgIpc) is 2.60. The Bertz CT molecular complexity index is 757. The van der Waals surface area contributed by atoms with Crippen LogP contribution in [0.25, 0.3) is 0 Å². The van der Waals surface area contributed by atoms with Crippen molar-refractivity contribution >= 4 is 23.6 Å². The summed E-state index contributed by atoms with van der Waals surface area (Å²) in [4.78, 5) is 11.3. The summed E-state index contributed by atoms with van der Waals surface area (Å²) in [5.41, 5.74) is 5.08. The lowest BCUT2D eigenvalue weighted by atomic mass is 10.0. The van der Waals surface area contributed by atoms with E-state index in [2.05, 4.69) is 40.9 Å². The molecule has 2 aromatic rings. The van der Waals surface area contributed by atoms with Crippen LogP contribution in [0.2, 0.25) is 0 Å². The highest BCUT2D eigenvalue weighted by molar-refractivity contribution is 5.80. The molecule has 138 valence electrons. The average molecular weight is 354 g/mol. The minimum atomic E-state index is -0.300. The molecule has 6 heteroatoms. The van der Waals surface area contributed by atoms with E-state index >= 15 is 0 Å². The Morgan fingerprint density at radius 2 is 1.96 bits per heavy atom. The van der Waals surface area contributed by atoms with Gasteiger partial charge in [-0.05, 0) is 54.8 Å². The van der Waals surface area contributed by atoms with E-state index < -0.39 is 0 Å². The van der Waals surface area contributed by atoms with Gasteiger partial charge in [0.05, 0.1) is 12.3 Å². The fraction of sp³-hybridized carbons (Fsp3) is 0.300. The summed E-state index contributed by atoms with van der Waals surface area (Å²) in [7, 11) is 0. The molecule has 0 radical (unpaired) electrons. The molecule has 0 aliphatic carbocycles. The second kappa shape index (κ2) is 9.46. The van der Waals surface area contributed by atoms with Crippen molar-refractivity contribution in [3.63, 3.8) is 0 Å². The van der Waals surface area contributed by atoms with Gasteiger partial charge >= 0.3 is 5.97 Å². The number of carbonyl (C=O) groups excluding carboxylic acids is 1. The zero-order valence-corrected chi connectivity index (χ0v) is 15.5. The number of nitrogens with one attached hydrogen (secondary N) is 2. The highest BCUT2D eigenvalue weighted by atomic mass is 16.5. The normalized spacial score (nSPS) is 12.0. The predicted octanol–water partition coefficient (Wildman–Crippen LogP) is 3.44. The lowest BCUT2D eigenvalue weighted by molar-refractivity contribution is -0.141. The molecule has 2 rings (SSSR count). The standard InChI is InChI=1S/C20H26N4O2/c1-4-22-19-10-14(2)9-17(11-19)20(13-26-15(3)25)24-18-7-5-16(6-8-18)12-23-21/h5-12,20,22,24H,4,13,21H2,1-3H3. The molecule has 4 N–H and O–H groups in total. The summed E-state index contributed by atoms with van der Waals surface area (Å²) in [6, 6.07) is 13.8. The molecular weight excluding hydrogens is 328 g/mol. The Morgan fingerprint density at radius 3 is 2.58 bits per heavy atom. The van der Waals surface area contributed by atoms with Gasteiger partial charge in [-0.25, -0.2) is 0 Å². The van der Waals surface area contributed by atoms with Gasteiger partial charge in [-0.15, -0.1) is 0 Å². The highest BCUT2D eigenvalue weighted by Gasteiger charge is 2.15. The van der Waals surface area contributed by atoms with Gasteiger partial charge < -0.3 is 21.2 Å². The number of hydrogen-bond acceptors (Lipinski definition) is 6. The smallest absolute Gasteiger partial charge is 0.302 e. The van der Waals surface area contributed by atoms with Crippen molar-refractivity contribution in [2.75, 3.05) is 23.8 Å². The summed E-state index contributed by atoms with van der Waals surface area (Å²) in [6.45, 7) is 6.61. The van der Waals surface area contributed by atoms with Gasteiger partial charge in [-0.3, -0.25) is 4.79 Å². The van der Waals surface area contributed by atoms with Crippen LogP contribution >= 0.6 is 0 Å². The minimum absolute atomic E-state index is 0.162. The third kappa shape index (κ3) is 5.81. The first-order chi connectivity index (χ1) is 12.5. The van der Waals surface area contributed by atoms with E-state index in [4.69, 9.17) is 10.6 Å². The van der Waals surface area contributed by atoms with Crippen LogP contribution < -0.4 is 16.5 Å². The number of anilines is 2. The molecule has 2 aromatic carbocycles. The number of carbonyl (C=O) groups is 1. The lowest BCUT2D eigenvalue weighted by Gasteiger charge is -2.21. The molecule has 0 aliphatic rings. The van der Waals surface area contributed by atoms with Gasteiger partial charge in [-0.1, -0.05) is 18.2 Å². The van der Waals surface area contributed by atoms with E-state index in [1.807, 2.05) is 31.2 Å². The molecule has 0 aliphatic heterocycles. The van der Waals surface area contributed by atoms with Crippen molar-refractivity contribution in [1.29, 1.82) is 0 Å². The van der Waals surface area contributed by atoms with Crippen molar-refractivity contribution in [3.05, 3.63) is 59.2 Å². The van der Waals surface area contributed by atoms with Gasteiger partial charge in [-0.2, -0.15) is 5.10 Å². The van der Waals surface area contributed by atoms with Crippen molar-refractivity contribution in [2.45, 2.75) is 26.8 Å². The van der Waals surface area contributed by atoms with E-state index in [1.54, 1.807) is 6.21 Å². The number of esters is 1. The van der Waals surface area contributed by atoms with Crippen LogP contribution in [0.5, 0.6) is 0 Å². The number of rotatable bonds is 8. The van der Waals surface area contributed by atoms with Crippen LogP contribution in [0.4, 0.5) is 11.4 Å². The Balaban J connectivity index is 2.26. The first-order valence-corrected chi connectivity index (χ1v) is 8.60. The largest absolute Gasteiger partial charge is 0.463 e. The molecule has 0 heterocycles. The molecule has 0 bridgehead atoms. The van der Waals surface area contributed by atoms with Crippen molar-refractivity contribution in [1.82, 2.24) is 0 Å². The summed E-state index contributed by atoms with van der Waals surface area (Å²) < 4.78 is 5.27. The zero-order chi connectivity index (χ0) is 18.9. The van der Waals surface area contributed by atoms with Gasteiger partial charge in [0.2, 0.25) is 0 Å². The van der Waals surface area contributed by atoms with Crippen LogP contribution in [0, 0.1) is 6.92 Å². The summed E-state index contributed by atoms with van der Waals surface area (Å²) in [5.74, 6) is 4.88. The fourth-order valence-corrected chi connectivity index (χ4v) is 2.69. The lowest BCUT2D eigenvalue weighted by Crippen LogP contribution is -2.19. The molecular formula is C20H26N4O2. The number of hydrazone groups is 1. The number of nitrogens with zero attached hydrogens (tertiary/aromatic N) is 1. The van der Waals surface area contributed by atoms with Crippen molar-refractivity contribution in [2.24, 2.45) is 10.9 Å². The number of aryl methyl sites for hydroxylation is 1. The third-order valence-electron chi connectivity index (χ3n) is 3.81. The first-order valence-electron chi connectivity index (χ1n) is 8.60. The molecule has 0 saturated carbocycles. The maximum Gasteiger partial charge on any atom is 0.302 e. The Morgan fingerprint density at radius 1 is 1.23 bits per heavy atom. The van der Waals surface area contributed by atoms with Gasteiger partial charge in [0.1, 0.15) is 6.61 Å². The van der Waals surface area contributed by atoms with E-state index in [9.17, 15) is 4.79 Å². The predicted molar refractivity (Wildman–Crippen MR) is 107 cm³/mol. The third-order valence-corrected chi connectivity index (χ3v) is 3.81. The molecule has 0 aromatic heterocycles. The van der Waals surface area contributed by atoms with Gasteiger partial charge in [0.15, 0.2) is 0 Å². The molecule has 6 nitrogen and oxygen atoms in total. The Labute approximate surface area is 154 Å². The maximum atomic E-state index is 11.3. The molecule has 1 unspecified atom stereocenters. The Kier molecular flexibility index (Phi) is 7.02. The maximum absolute atomic E-state index is 11.3. The number of ether oxygens (including phenoxy) is 1. The van der Waals surface area contributed by atoms with Crippen LogP contribution in [0.15, 0.2) is 47.6 Å². The number of nitrogens with two attached hydrogens (primary N) is 1. The summed E-state index contributed by atoms with van der Waals surface area (Å²) in [6.07, 6.45) is 1.59. The second-order valence-corrected chi connectivity index (χ2v) is 6.06. The monoisotopic (exact) mass is 354 g/mol. The van der Waals surface area contributed by atoms with E-state index in [0.717, 1.165) is 34.6 Å². The minimum Gasteiger partial charge on any atom is -0.463 e. The molecule has 1 atom stereocenters. The van der Waals surface area contributed by atoms with Crippen LogP contribution in [0.3, 0.4) is 0 Å². The number of benzene rings is 2. The molecule has 26 heavy (non-hydrogen) atoms. The van der Waals surface area contributed by atoms with E-state index in [0.29, 0.717) is 0 Å². The van der Waals surface area contributed by atoms with Crippen LogP contribution in [0.1, 0.15) is 36.6 Å². The van der Waals surface area contributed by atoms with E-state index in [1.165, 1.54) is 6.92 Å². The molecule has 0 fully saturated rings. The quantitative estimate of drug-likeness (QED) is 0.292. The summed E-state index contributed by atoms with van der Waals surface area (Å²) >= 11 is 0. The number of hydrogen-bond donors (Lipinski definition) is 3. The molecule has 0 spiro atoms. The van der Waals surface area contributed by atoms with Crippen molar-refractivity contribution in [3.8, 4) is 0 Å². The summed E-state index contributed by atoms with van der Waals surface area (Å²) in [5, 5.41) is 10.3. The van der Waals surface area contributed by atoms with Gasteiger partial charge in [0.25, 0.3) is 0 Å². The van der Waals surface area contributed by atoms with Crippen LogP contribution in [-0.4, -0.2) is 25.3 Å². The first kappa shape index (κ1) is 19.3. The second-order valence-electron chi connectivity index (χ2n) is 6.06. The topological polar surface area (TPSA) is 88.7 Å².